The van der Waals surface area contributed by atoms with Gasteiger partial charge in [-0.2, -0.15) is 13.1 Å². The summed E-state index contributed by atoms with van der Waals surface area (Å²) in [5.41, 5.74) is 0. The van der Waals surface area contributed by atoms with Gasteiger partial charge in [-0.15, -0.1) is 11.3 Å². The number of nitrogens with one attached hydrogen (secondary N) is 1. The maximum absolute atomic E-state index is 10.6. The first-order valence-corrected chi connectivity index (χ1v) is 7.54. The number of hydrogen-bond donors (Lipinski definition) is 2. The lowest BCUT2D eigenvalue weighted by molar-refractivity contribution is 0.467. The predicted octanol–water partition coefficient (Wildman–Crippen LogP) is 1.60. The minimum absolute atomic E-state index is 0.476. The molecule has 16 heavy (non-hydrogen) atoms. The van der Waals surface area contributed by atoms with Gasteiger partial charge in [0.05, 0.1) is 10.3 Å². The smallest absolute Gasteiger partial charge is 0.280 e. The molecule has 0 amide bonds. The van der Waals surface area contributed by atoms with E-state index in [-0.39, 0.29) is 0 Å². The van der Waals surface area contributed by atoms with Crippen LogP contribution in [0.15, 0.2) is 22.5 Å². The lowest BCUT2D eigenvalue weighted by Gasteiger charge is -2.11. The normalized spacial score (nSPS) is 15.1. The molecular weight excluding hydrogens is 268 g/mol. The van der Waals surface area contributed by atoms with Crippen molar-refractivity contribution < 1.29 is 13.0 Å². The minimum atomic E-state index is -4.17. The molecule has 0 radical (unpaired) electrons. The first-order valence-electron chi connectivity index (χ1n) is 4.34. The molecule has 0 spiro atoms. The van der Waals surface area contributed by atoms with Gasteiger partial charge in [-0.3, -0.25) is 9.55 Å². The van der Waals surface area contributed by atoms with Gasteiger partial charge in [0.25, 0.3) is 0 Å². The Kier molecular flexibility index (Phi) is 4.93. The lowest BCUT2D eigenvalue weighted by Crippen LogP contribution is -2.30. The fraction of sp³-hybridized carbons (Fsp3) is 0.375. The molecule has 8 heteroatoms. The summed E-state index contributed by atoms with van der Waals surface area (Å²) in [4.78, 5) is 5.04. The topological polar surface area (TPSA) is 78.8 Å². The Balaban J connectivity index is 2.66. The SMILES string of the molecule is C/N=C(\SC(C)NS(=O)(=O)O)c1cccs1. The van der Waals surface area contributed by atoms with Gasteiger partial charge in [-0.1, -0.05) is 17.8 Å². The van der Waals surface area contributed by atoms with Gasteiger partial charge in [0.1, 0.15) is 5.04 Å². The van der Waals surface area contributed by atoms with E-state index in [2.05, 4.69) is 9.71 Å². The van der Waals surface area contributed by atoms with Crippen molar-refractivity contribution in [3.05, 3.63) is 22.4 Å². The molecule has 1 aromatic rings. The van der Waals surface area contributed by atoms with E-state index in [1.165, 1.54) is 23.1 Å². The van der Waals surface area contributed by atoms with Gasteiger partial charge in [-0.25, -0.2) is 0 Å². The molecule has 0 aromatic carbocycles. The summed E-state index contributed by atoms with van der Waals surface area (Å²) in [6.07, 6.45) is 0. The van der Waals surface area contributed by atoms with Crippen molar-refractivity contribution in [1.82, 2.24) is 4.72 Å². The van der Waals surface area contributed by atoms with Crippen molar-refractivity contribution in [2.24, 2.45) is 4.99 Å². The van der Waals surface area contributed by atoms with Crippen LogP contribution in [0.25, 0.3) is 0 Å². The highest BCUT2D eigenvalue weighted by Gasteiger charge is 2.14. The molecule has 1 atom stereocenters. The Morgan fingerprint density at radius 2 is 2.38 bits per heavy atom. The molecule has 1 aromatic heterocycles. The molecule has 1 rings (SSSR count). The summed E-state index contributed by atoms with van der Waals surface area (Å²) in [7, 11) is -2.53. The summed E-state index contributed by atoms with van der Waals surface area (Å²) in [5, 5.41) is 2.18. The zero-order chi connectivity index (χ0) is 12.2. The molecular formula is C8H12N2O3S3. The molecule has 1 unspecified atom stereocenters. The summed E-state index contributed by atoms with van der Waals surface area (Å²) in [6, 6.07) is 3.80. The van der Waals surface area contributed by atoms with Crippen molar-refractivity contribution in [2.45, 2.75) is 12.3 Å². The van der Waals surface area contributed by atoms with Gasteiger partial charge < -0.3 is 0 Å². The van der Waals surface area contributed by atoms with Crippen molar-refractivity contribution in [2.75, 3.05) is 7.05 Å². The van der Waals surface area contributed by atoms with Crippen LogP contribution in [0.3, 0.4) is 0 Å². The van der Waals surface area contributed by atoms with Crippen LogP contribution in [0.4, 0.5) is 0 Å². The monoisotopic (exact) mass is 280 g/mol. The van der Waals surface area contributed by atoms with Crippen molar-refractivity contribution >= 4 is 38.4 Å². The highest BCUT2D eigenvalue weighted by Crippen LogP contribution is 2.21. The molecule has 0 aliphatic heterocycles. The van der Waals surface area contributed by atoms with E-state index in [4.69, 9.17) is 4.55 Å². The highest BCUT2D eigenvalue weighted by atomic mass is 32.2. The van der Waals surface area contributed by atoms with E-state index in [9.17, 15) is 8.42 Å². The number of hydrogen-bond acceptors (Lipinski definition) is 5. The van der Waals surface area contributed by atoms with E-state index >= 15 is 0 Å². The second-order valence-corrected chi connectivity index (χ2v) is 6.32. The van der Waals surface area contributed by atoms with Crippen LogP contribution in [0.2, 0.25) is 0 Å². The molecule has 0 saturated carbocycles. The standard InChI is InChI=1S/C8H12N2O3S3/c1-6(10-16(11,12)13)15-8(9-2)7-4-3-5-14-7/h3-6,10H,1-2H3,(H,11,12,13)/b9-8-. The third kappa shape index (κ3) is 4.62. The number of thiophene rings is 1. The zero-order valence-electron chi connectivity index (χ0n) is 8.75. The minimum Gasteiger partial charge on any atom is -0.280 e. The van der Waals surface area contributed by atoms with Crippen LogP contribution in [-0.4, -0.2) is 30.4 Å². The maximum atomic E-state index is 10.6. The molecule has 0 aliphatic rings. The van der Waals surface area contributed by atoms with E-state index in [1.807, 2.05) is 17.5 Å². The number of thioether (sulfide) groups is 1. The molecule has 90 valence electrons. The van der Waals surface area contributed by atoms with E-state index < -0.39 is 15.7 Å². The van der Waals surface area contributed by atoms with Gasteiger partial charge in [0, 0.05) is 7.05 Å². The molecule has 0 saturated heterocycles. The van der Waals surface area contributed by atoms with Crippen molar-refractivity contribution in [3.63, 3.8) is 0 Å². The van der Waals surface area contributed by atoms with Crippen LogP contribution in [-0.2, 0) is 10.3 Å². The van der Waals surface area contributed by atoms with E-state index in [0.717, 1.165) is 9.92 Å². The van der Waals surface area contributed by atoms with E-state index in [1.54, 1.807) is 14.0 Å². The zero-order valence-corrected chi connectivity index (χ0v) is 11.2. The third-order valence-electron chi connectivity index (χ3n) is 1.54. The first kappa shape index (κ1) is 13.7. The van der Waals surface area contributed by atoms with Crippen LogP contribution in [0.5, 0.6) is 0 Å². The van der Waals surface area contributed by atoms with Crippen LogP contribution < -0.4 is 4.72 Å². The third-order valence-corrected chi connectivity index (χ3v) is 4.44. The Bertz CT molecular complexity index is 453. The summed E-state index contributed by atoms with van der Waals surface area (Å²) >= 11 is 2.76. The largest absolute Gasteiger partial charge is 0.334 e. The lowest BCUT2D eigenvalue weighted by atomic mass is 10.5. The molecule has 5 nitrogen and oxygen atoms in total. The second kappa shape index (κ2) is 5.78. The molecule has 0 fully saturated rings. The number of rotatable bonds is 4. The Morgan fingerprint density at radius 3 is 2.81 bits per heavy atom. The Hall–Kier alpha value is -0.410. The van der Waals surface area contributed by atoms with E-state index in [0.29, 0.717) is 0 Å². The average molecular weight is 280 g/mol. The molecule has 0 bridgehead atoms. The van der Waals surface area contributed by atoms with Crippen LogP contribution >= 0.6 is 23.1 Å². The summed E-state index contributed by atoms with van der Waals surface area (Å²) in [6.45, 7) is 1.64. The van der Waals surface area contributed by atoms with Crippen LogP contribution in [0, 0.1) is 0 Å². The van der Waals surface area contributed by atoms with Crippen LogP contribution in [0.1, 0.15) is 11.8 Å². The van der Waals surface area contributed by atoms with Gasteiger partial charge in [-0.05, 0) is 18.4 Å². The molecule has 0 aliphatic carbocycles. The van der Waals surface area contributed by atoms with Gasteiger partial charge in [0.15, 0.2) is 0 Å². The average Bonchev–Trinajstić information content (AvgIpc) is 2.63. The number of nitrogens with zero attached hydrogens (tertiary/aromatic N) is 1. The highest BCUT2D eigenvalue weighted by molar-refractivity contribution is 8.15. The van der Waals surface area contributed by atoms with Gasteiger partial charge in [0.2, 0.25) is 0 Å². The summed E-state index contributed by atoms with van der Waals surface area (Å²) < 4.78 is 31.9. The van der Waals surface area contributed by atoms with Crippen molar-refractivity contribution in [3.8, 4) is 0 Å². The Labute approximate surface area is 103 Å². The fourth-order valence-electron chi connectivity index (χ4n) is 1.02. The number of aliphatic imine (C=N–C) groups is 1. The van der Waals surface area contributed by atoms with Gasteiger partial charge >= 0.3 is 10.3 Å². The molecule has 2 N–H and O–H groups in total. The van der Waals surface area contributed by atoms with Crippen molar-refractivity contribution in [1.29, 1.82) is 0 Å². The molecule has 1 heterocycles. The first-order chi connectivity index (χ1) is 7.42. The summed E-state index contributed by atoms with van der Waals surface area (Å²) in [5.74, 6) is 0. The Morgan fingerprint density at radius 1 is 1.69 bits per heavy atom. The predicted molar refractivity (Wildman–Crippen MR) is 68.5 cm³/mol. The maximum Gasteiger partial charge on any atom is 0.334 e. The quantitative estimate of drug-likeness (QED) is 0.380. The fourth-order valence-corrected chi connectivity index (χ4v) is 3.57. The second-order valence-electron chi connectivity index (χ2n) is 2.86.